The lowest BCUT2D eigenvalue weighted by Crippen LogP contribution is -2.43. The van der Waals surface area contributed by atoms with E-state index in [1.54, 1.807) is 0 Å². The molecule has 0 spiro atoms. The van der Waals surface area contributed by atoms with Crippen LogP contribution < -0.4 is 11.1 Å². The molecule has 17 heavy (non-hydrogen) atoms. The van der Waals surface area contributed by atoms with Crippen molar-refractivity contribution in [1.29, 1.82) is 0 Å². The molecule has 0 aromatic carbocycles. The van der Waals surface area contributed by atoms with Gasteiger partial charge >= 0.3 is 0 Å². The zero-order valence-corrected chi connectivity index (χ0v) is 11.2. The summed E-state index contributed by atoms with van der Waals surface area (Å²) in [5.41, 5.74) is 5.57. The minimum absolute atomic E-state index is 0.164. The second-order valence-corrected chi connectivity index (χ2v) is 5.17. The minimum Gasteiger partial charge on any atom is -0.353 e. The van der Waals surface area contributed by atoms with E-state index in [2.05, 4.69) is 17.1 Å². The molecule has 4 heteroatoms. The van der Waals surface area contributed by atoms with Gasteiger partial charge in [-0.2, -0.15) is 0 Å². The van der Waals surface area contributed by atoms with Gasteiger partial charge in [0.2, 0.25) is 5.91 Å². The Morgan fingerprint density at radius 3 is 2.65 bits per heavy atom. The number of rotatable bonds is 6. The molecule has 1 aliphatic heterocycles. The van der Waals surface area contributed by atoms with E-state index in [4.69, 9.17) is 5.73 Å². The van der Waals surface area contributed by atoms with E-state index >= 15 is 0 Å². The summed E-state index contributed by atoms with van der Waals surface area (Å²) in [5.74, 6) is 0.936. The minimum atomic E-state index is 0.164. The van der Waals surface area contributed by atoms with E-state index in [0.29, 0.717) is 6.54 Å². The van der Waals surface area contributed by atoms with Gasteiger partial charge in [0.15, 0.2) is 0 Å². The molecule has 0 saturated carbocycles. The zero-order valence-electron chi connectivity index (χ0n) is 11.2. The van der Waals surface area contributed by atoms with Gasteiger partial charge in [-0.1, -0.05) is 6.92 Å². The number of amides is 1. The number of likely N-dealkylation sites (tertiary alicyclic amines) is 1. The van der Waals surface area contributed by atoms with Crippen molar-refractivity contribution in [3.63, 3.8) is 0 Å². The lowest BCUT2D eigenvalue weighted by molar-refractivity contribution is -0.123. The number of nitrogens with zero attached hydrogens (tertiary/aromatic N) is 1. The van der Waals surface area contributed by atoms with Crippen LogP contribution in [0.25, 0.3) is 0 Å². The van der Waals surface area contributed by atoms with Crippen LogP contribution in [-0.2, 0) is 4.79 Å². The first kappa shape index (κ1) is 14.5. The summed E-state index contributed by atoms with van der Waals surface area (Å²) in [6, 6.07) is 0.289. The van der Waals surface area contributed by atoms with Crippen LogP contribution in [0.5, 0.6) is 0 Å². The van der Waals surface area contributed by atoms with Crippen molar-refractivity contribution in [2.45, 2.75) is 45.6 Å². The monoisotopic (exact) mass is 241 g/mol. The summed E-state index contributed by atoms with van der Waals surface area (Å²) in [7, 11) is 0. The Morgan fingerprint density at radius 1 is 1.47 bits per heavy atom. The third-order valence-electron chi connectivity index (χ3n) is 3.67. The Kier molecular flexibility index (Phi) is 6.52. The van der Waals surface area contributed by atoms with Crippen molar-refractivity contribution in [3.8, 4) is 0 Å². The predicted octanol–water partition coefficient (Wildman–Crippen LogP) is 0.962. The van der Waals surface area contributed by atoms with Crippen molar-refractivity contribution in [2.24, 2.45) is 11.7 Å². The lowest BCUT2D eigenvalue weighted by atomic mass is 9.94. The molecule has 1 amide bonds. The highest BCUT2D eigenvalue weighted by Crippen LogP contribution is 2.19. The number of hydrogen-bond acceptors (Lipinski definition) is 3. The lowest BCUT2D eigenvalue weighted by Gasteiger charge is -2.31. The van der Waals surface area contributed by atoms with E-state index in [1.165, 1.54) is 12.8 Å². The second kappa shape index (κ2) is 7.67. The van der Waals surface area contributed by atoms with Gasteiger partial charge < -0.3 is 11.1 Å². The molecule has 0 bridgehead atoms. The quantitative estimate of drug-likeness (QED) is 0.728. The highest BCUT2D eigenvalue weighted by atomic mass is 16.2. The van der Waals surface area contributed by atoms with Crippen LogP contribution >= 0.6 is 0 Å². The summed E-state index contributed by atoms with van der Waals surface area (Å²) >= 11 is 0. The van der Waals surface area contributed by atoms with Gasteiger partial charge in [0, 0.05) is 6.04 Å². The highest BCUT2D eigenvalue weighted by Gasteiger charge is 2.20. The molecule has 1 aliphatic rings. The SMILES string of the molecule is CCC(C)NC(=O)CN1CCC(CCN)CC1. The molecule has 0 aliphatic carbocycles. The Morgan fingerprint density at radius 2 is 2.12 bits per heavy atom. The Balaban J connectivity index is 2.19. The Bertz CT molecular complexity index is 225. The first-order valence-electron chi connectivity index (χ1n) is 6.87. The molecular formula is C13H27N3O. The number of nitrogens with two attached hydrogens (primary N) is 1. The fourth-order valence-electron chi connectivity index (χ4n) is 2.29. The Hall–Kier alpha value is -0.610. The number of carbonyl (C=O) groups excluding carboxylic acids is 1. The van der Waals surface area contributed by atoms with E-state index in [9.17, 15) is 4.79 Å². The van der Waals surface area contributed by atoms with Gasteiger partial charge in [-0.05, 0) is 58.2 Å². The van der Waals surface area contributed by atoms with E-state index in [0.717, 1.165) is 38.4 Å². The summed E-state index contributed by atoms with van der Waals surface area (Å²) in [4.78, 5) is 14.0. The molecule has 1 fully saturated rings. The van der Waals surface area contributed by atoms with E-state index < -0.39 is 0 Å². The number of carbonyl (C=O) groups is 1. The van der Waals surface area contributed by atoms with Crippen LogP contribution in [0, 0.1) is 5.92 Å². The van der Waals surface area contributed by atoms with Gasteiger partial charge in [0.25, 0.3) is 0 Å². The van der Waals surface area contributed by atoms with E-state index in [1.807, 2.05) is 6.92 Å². The molecule has 1 unspecified atom stereocenters. The van der Waals surface area contributed by atoms with Crippen LogP contribution in [0.3, 0.4) is 0 Å². The van der Waals surface area contributed by atoms with Crippen LogP contribution in [0.1, 0.15) is 39.5 Å². The second-order valence-electron chi connectivity index (χ2n) is 5.17. The van der Waals surface area contributed by atoms with Crippen LogP contribution in [-0.4, -0.2) is 43.0 Å². The maximum absolute atomic E-state index is 11.7. The van der Waals surface area contributed by atoms with Crippen LogP contribution in [0.2, 0.25) is 0 Å². The maximum atomic E-state index is 11.7. The summed E-state index contributed by atoms with van der Waals surface area (Å²) < 4.78 is 0. The Labute approximate surface area is 105 Å². The van der Waals surface area contributed by atoms with Crippen molar-refractivity contribution in [1.82, 2.24) is 10.2 Å². The average Bonchev–Trinajstić information content (AvgIpc) is 2.31. The number of piperidine rings is 1. The highest BCUT2D eigenvalue weighted by molar-refractivity contribution is 5.78. The van der Waals surface area contributed by atoms with Crippen molar-refractivity contribution in [3.05, 3.63) is 0 Å². The van der Waals surface area contributed by atoms with Gasteiger partial charge in [-0.25, -0.2) is 0 Å². The van der Waals surface area contributed by atoms with E-state index in [-0.39, 0.29) is 11.9 Å². The van der Waals surface area contributed by atoms with Crippen LogP contribution in [0.15, 0.2) is 0 Å². The maximum Gasteiger partial charge on any atom is 0.234 e. The smallest absolute Gasteiger partial charge is 0.234 e. The van der Waals surface area contributed by atoms with Gasteiger partial charge in [-0.3, -0.25) is 9.69 Å². The van der Waals surface area contributed by atoms with Crippen LogP contribution in [0.4, 0.5) is 0 Å². The first-order valence-corrected chi connectivity index (χ1v) is 6.87. The topological polar surface area (TPSA) is 58.4 Å². The molecule has 1 heterocycles. The predicted molar refractivity (Wildman–Crippen MR) is 70.7 cm³/mol. The van der Waals surface area contributed by atoms with Crippen molar-refractivity contribution in [2.75, 3.05) is 26.2 Å². The summed E-state index contributed by atoms with van der Waals surface area (Å²) in [6.45, 7) is 7.56. The van der Waals surface area contributed by atoms with Gasteiger partial charge in [0.1, 0.15) is 0 Å². The molecular weight excluding hydrogens is 214 g/mol. The largest absolute Gasteiger partial charge is 0.353 e. The number of hydrogen-bond donors (Lipinski definition) is 2. The number of nitrogens with one attached hydrogen (secondary N) is 1. The normalized spacial score (nSPS) is 20.2. The zero-order chi connectivity index (χ0) is 12.7. The fourth-order valence-corrected chi connectivity index (χ4v) is 2.29. The molecule has 0 radical (unpaired) electrons. The molecule has 100 valence electrons. The molecule has 1 rings (SSSR count). The first-order chi connectivity index (χ1) is 8.15. The van der Waals surface area contributed by atoms with Gasteiger partial charge in [-0.15, -0.1) is 0 Å². The molecule has 3 N–H and O–H groups in total. The average molecular weight is 241 g/mol. The van der Waals surface area contributed by atoms with Gasteiger partial charge in [0.05, 0.1) is 6.54 Å². The standard InChI is InChI=1S/C13H27N3O/c1-3-11(2)15-13(17)10-16-8-5-12(4-7-14)6-9-16/h11-12H,3-10,14H2,1-2H3,(H,15,17). The third-order valence-corrected chi connectivity index (χ3v) is 3.67. The molecule has 1 saturated heterocycles. The molecule has 0 aromatic heterocycles. The van der Waals surface area contributed by atoms with Crippen molar-refractivity contribution >= 4 is 5.91 Å². The fraction of sp³-hybridized carbons (Fsp3) is 0.923. The third kappa shape index (κ3) is 5.50. The summed E-state index contributed by atoms with van der Waals surface area (Å²) in [5, 5.41) is 3.01. The molecule has 1 atom stereocenters. The summed E-state index contributed by atoms with van der Waals surface area (Å²) in [6.07, 6.45) is 4.50. The van der Waals surface area contributed by atoms with Crippen molar-refractivity contribution < 1.29 is 4.79 Å². The molecule has 0 aromatic rings. The molecule has 4 nitrogen and oxygen atoms in total.